The fourth-order valence-electron chi connectivity index (χ4n) is 3.13. The van der Waals surface area contributed by atoms with E-state index in [-0.39, 0.29) is 11.6 Å². The highest BCUT2D eigenvalue weighted by Gasteiger charge is 2.39. The van der Waals surface area contributed by atoms with E-state index >= 15 is 0 Å². The van der Waals surface area contributed by atoms with Crippen LogP contribution in [-0.4, -0.2) is 23.7 Å². The molecule has 1 aliphatic rings. The first-order valence-electron chi connectivity index (χ1n) is 7.22. The van der Waals surface area contributed by atoms with Crippen LogP contribution in [0.1, 0.15) is 30.3 Å². The van der Waals surface area contributed by atoms with Crippen LogP contribution in [-0.2, 0) is 11.3 Å². The SMILES string of the molecule is CC1(C)OCCN(Cc2cc(Cl)cs2)C1c1ccccc1. The van der Waals surface area contributed by atoms with Crippen LogP contribution in [0.25, 0.3) is 0 Å². The zero-order chi connectivity index (χ0) is 14.9. The van der Waals surface area contributed by atoms with Gasteiger partial charge >= 0.3 is 0 Å². The predicted molar refractivity (Wildman–Crippen MR) is 89.0 cm³/mol. The molecule has 1 aliphatic heterocycles. The number of morpholine rings is 1. The minimum Gasteiger partial charge on any atom is -0.372 e. The maximum absolute atomic E-state index is 6.05. The number of halogens is 1. The lowest BCUT2D eigenvalue weighted by Gasteiger charge is -2.46. The Morgan fingerprint density at radius 2 is 2.10 bits per heavy atom. The van der Waals surface area contributed by atoms with Gasteiger partial charge in [0.05, 0.1) is 23.3 Å². The standard InChI is InChI=1S/C17H20ClNOS/c1-17(2)16(13-6-4-3-5-7-13)19(8-9-20-17)11-15-10-14(18)12-21-15/h3-7,10,12,16H,8-9,11H2,1-2H3. The van der Waals surface area contributed by atoms with Gasteiger partial charge in [-0.05, 0) is 25.5 Å². The average molecular weight is 322 g/mol. The molecular weight excluding hydrogens is 302 g/mol. The predicted octanol–water partition coefficient (Wildman–Crippen LogP) is 4.75. The number of hydrogen-bond donors (Lipinski definition) is 0. The normalized spacial score (nSPS) is 22.3. The summed E-state index contributed by atoms with van der Waals surface area (Å²) in [5.74, 6) is 0. The number of thiophene rings is 1. The van der Waals surface area contributed by atoms with E-state index in [4.69, 9.17) is 16.3 Å². The highest BCUT2D eigenvalue weighted by Crippen LogP contribution is 2.38. The number of benzene rings is 1. The van der Waals surface area contributed by atoms with Crippen LogP contribution in [0.15, 0.2) is 41.8 Å². The van der Waals surface area contributed by atoms with Gasteiger partial charge in [0.15, 0.2) is 0 Å². The Morgan fingerprint density at radius 1 is 1.33 bits per heavy atom. The minimum atomic E-state index is -0.194. The summed E-state index contributed by atoms with van der Waals surface area (Å²) in [5, 5.41) is 2.83. The molecule has 1 saturated heterocycles. The molecule has 112 valence electrons. The molecule has 2 nitrogen and oxygen atoms in total. The van der Waals surface area contributed by atoms with Gasteiger partial charge < -0.3 is 4.74 Å². The van der Waals surface area contributed by atoms with Gasteiger partial charge in [0, 0.05) is 23.3 Å². The fourth-order valence-corrected chi connectivity index (χ4v) is 4.23. The van der Waals surface area contributed by atoms with Crippen molar-refractivity contribution in [3.05, 3.63) is 57.2 Å². The van der Waals surface area contributed by atoms with Crippen LogP contribution in [0.5, 0.6) is 0 Å². The highest BCUT2D eigenvalue weighted by molar-refractivity contribution is 7.10. The number of rotatable bonds is 3. The summed E-state index contributed by atoms with van der Waals surface area (Å²) in [6.45, 7) is 6.99. The summed E-state index contributed by atoms with van der Waals surface area (Å²) in [6.07, 6.45) is 0. The van der Waals surface area contributed by atoms with Crippen LogP contribution in [0.4, 0.5) is 0 Å². The van der Waals surface area contributed by atoms with Crippen LogP contribution < -0.4 is 0 Å². The summed E-state index contributed by atoms with van der Waals surface area (Å²) in [5.41, 5.74) is 1.12. The molecule has 4 heteroatoms. The minimum absolute atomic E-state index is 0.194. The van der Waals surface area contributed by atoms with Crippen molar-refractivity contribution in [2.45, 2.75) is 32.0 Å². The fraction of sp³-hybridized carbons (Fsp3) is 0.412. The molecule has 1 fully saturated rings. The van der Waals surface area contributed by atoms with E-state index in [0.717, 1.165) is 24.7 Å². The van der Waals surface area contributed by atoms with Gasteiger partial charge in [0.2, 0.25) is 0 Å². The molecule has 0 aliphatic carbocycles. The van der Waals surface area contributed by atoms with Crippen molar-refractivity contribution in [1.82, 2.24) is 4.90 Å². The molecule has 0 spiro atoms. The van der Waals surface area contributed by atoms with Crippen molar-refractivity contribution in [1.29, 1.82) is 0 Å². The van der Waals surface area contributed by atoms with Crippen LogP contribution in [0.2, 0.25) is 5.02 Å². The Morgan fingerprint density at radius 3 is 2.76 bits per heavy atom. The third-order valence-electron chi connectivity index (χ3n) is 3.97. The van der Waals surface area contributed by atoms with Crippen LogP contribution in [0.3, 0.4) is 0 Å². The third kappa shape index (κ3) is 3.32. The molecule has 0 radical (unpaired) electrons. The second-order valence-electron chi connectivity index (χ2n) is 5.97. The van der Waals surface area contributed by atoms with Crippen LogP contribution >= 0.6 is 22.9 Å². The van der Waals surface area contributed by atoms with E-state index in [0.29, 0.717) is 0 Å². The van der Waals surface area contributed by atoms with E-state index in [2.05, 4.69) is 55.1 Å². The van der Waals surface area contributed by atoms with Gasteiger partial charge in [0.25, 0.3) is 0 Å². The molecule has 1 aromatic heterocycles. The maximum Gasteiger partial charge on any atom is 0.0823 e. The lowest BCUT2D eigenvalue weighted by Crippen LogP contribution is -2.50. The highest BCUT2D eigenvalue weighted by atomic mass is 35.5. The van der Waals surface area contributed by atoms with Gasteiger partial charge in [-0.1, -0.05) is 41.9 Å². The number of nitrogens with zero attached hydrogens (tertiary/aromatic N) is 1. The first-order valence-corrected chi connectivity index (χ1v) is 8.48. The van der Waals surface area contributed by atoms with Crippen molar-refractivity contribution in [3.63, 3.8) is 0 Å². The molecule has 2 heterocycles. The van der Waals surface area contributed by atoms with Crippen LogP contribution in [0, 0.1) is 0 Å². The van der Waals surface area contributed by atoms with E-state index in [9.17, 15) is 0 Å². The van der Waals surface area contributed by atoms with E-state index in [1.54, 1.807) is 11.3 Å². The molecular formula is C17H20ClNOS. The van der Waals surface area contributed by atoms with Gasteiger partial charge in [0.1, 0.15) is 0 Å². The summed E-state index contributed by atoms with van der Waals surface area (Å²) in [4.78, 5) is 3.81. The molecule has 3 rings (SSSR count). The molecule has 1 aromatic carbocycles. The largest absolute Gasteiger partial charge is 0.372 e. The van der Waals surface area contributed by atoms with Crippen molar-refractivity contribution >= 4 is 22.9 Å². The van der Waals surface area contributed by atoms with E-state index < -0.39 is 0 Å². The Labute approximate surface area is 135 Å². The van der Waals surface area contributed by atoms with Gasteiger partial charge in [-0.25, -0.2) is 0 Å². The van der Waals surface area contributed by atoms with Crippen molar-refractivity contribution in [2.75, 3.05) is 13.2 Å². The zero-order valence-electron chi connectivity index (χ0n) is 12.4. The Hall–Kier alpha value is -0.870. The summed E-state index contributed by atoms with van der Waals surface area (Å²) in [6, 6.07) is 13.0. The smallest absolute Gasteiger partial charge is 0.0823 e. The second-order valence-corrected chi connectivity index (χ2v) is 7.40. The van der Waals surface area contributed by atoms with E-state index in [1.165, 1.54) is 10.4 Å². The number of hydrogen-bond acceptors (Lipinski definition) is 3. The zero-order valence-corrected chi connectivity index (χ0v) is 14.0. The lowest BCUT2D eigenvalue weighted by molar-refractivity contribution is -0.132. The summed E-state index contributed by atoms with van der Waals surface area (Å²) >= 11 is 7.78. The maximum atomic E-state index is 6.05. The Balaban J connectivity index is 1.89. The second kappa shape index (κ2) is 6.09. The van der Waals surface area contributed by atoms with Gasteiger partial charge in [-0.2, -0.15) is 0 Å². The van der Waals surface area contributed by atoms with E-state index in [1.807, 2.05) is 5.38 Å². The monoisotopic (exact) mass is 321 g/mol. The molecule has 2 aromatic rings. The van der Waals surface area contributed by atoms with Crippen molar-refractivity contribution < 1.29 is 4.74 Å². The first kappa shape index (κ1) is 15.0. The van der Waals surface area contributed by atoms with Gasteiger partial charge in [-0.15, -0.1) is 11.3 Å². The topological polar surface area (TPSA) is 12.5 Å². The summed E-state index contributed by atoms with van der Waals surface area (Å²) in [7, 11) is 0. The molecule has 21 heavy (non-hydrogen) atoms. The van der Waals surface area contributed by atoms with Crippen molar-refractivity contribution in [2.24, 2.45) is 0 Å². The summed E-state index contributed by atoms with van der Waals surface area (Å²) < 4.78 is 6.04. The first-order chi connectivity index (χ1) is 10.1. The molecule has 1 atom stereocenters. The van der Waals surface area contributed by atoms with Crippen molar-refractivity contribution in [3.8, 4) is 0 Å². The molecule has 1 unspecified atom stereocenters. The average Bonchev–Trinajstić information content (AvgIpc) is 2.84. The number of ether oxygens (including phenoxy) is 1. The molecule has 0 amide bonds. The molecule has 0 bridgehead atoms. The lowest BCUT2D eigenvalue weighted by atomic mass is 9.88. The molecule has 0 saturated carbocycles. The molecule has 0 N–H and O–H groups in total. The Kier molecular flexibility index (Phi) is 4.36. The third-order valence-corrected chi connectivity index (χ3v) is 5.24. The van der Waals surface area contributed by atoms with Gasteiger partial charge in [-0.3, -0.25) is 4.90 Å². The Bertz CT molecular complexity index is 596. The quantitative estimate of drug-likeness (QED) is 0.808.